The Morgan fingerprint density at radius 2 is 0.957 bits per heavy atom. The molecule has 3 atom stereocenters. The lowest BCUT2D eigenvalue weighted by atomic mass is 9.62. The molecule has 0 radical (unpaired) electrons. The fraction of sp³-hybridized carbons (Fsp3) is 0.625. The zero-order chi connectivity index (χ0) is 17.1. The fourth-order valence-corrected chi connectivity index (χ4v) is 4.94. The predicted octanol–water partition coefficient (Wildman–Crippen LogP) is 3.90. The van der Waals surface area contributed by atoms with Crippen LogP contribution in [0, 0.1) is 0 Å². The zero-order valence-electron chi connectivity index (χ0n) is 14.9. The second kappa shape index (κ2) is 4.63. The minimum absolute atomic E-state index is 0.378. The molecule has 0 N–H and O–H groups in total. The molecule has 0 bridgehead atoms. The monoisotopic (exact) mass is 328 g/mol. The van der Waals surface area contributed by atoms with Gasteiger partial charge in [-0.1, -0.05) is 0 Å². The minimum Gasteiger partial charge on any atom is -0.178 e. The van der Waals surface area contributed by atoms with E-state index in [4.69, 9.17) is 0 Å². The first-order chi connectivity index (χ1) is 10.6. The molecule has 6 nitrogen and oxygen atoms in total. The van der Waals surface area contributed by atoms with Crippen LogP contribution in [0.4, 0.5) is 0 Å². The highest BCUT2D eigenvalue weighted by Gasteiger charge is 2.66. The number of azo groups is 3. The van der Waals surface area contributed by atoms with Crippen molar-refractivity contribution in [3.63, 3.8) is 0 Å². The van der Waals surface area contributed by atoms with Crippen molar-refractivity contribution >= 4 is 10.2 Å². The molecule has 3 aliphatic rings. The summed E-state index contributed by atoms with van der Waals surface area (Å²) < 4.78 is 0. The lowest BCUT2D eigenvalue weighted by Gasteiger charge is -2.54. The number of rotatable bonds is 3. The van der Waals surface area contributed by atoms with Crippen LogP contribution in [0.2, 0.25) is 5.04 Å². The van der Waals surface area contributed by atoms with Gasteiger partial charge in [-0.3, -0.25) is 0 Å². The second-order valence-corrected chi connectivity index (χ2v) is 9.02. The summed E-state index contributed by atoms with van der Waals surface area (Å²) in [5.74, 6) is 0. The fourth-order valence-electron chi connectivity index (χ4n) is 4.21. The van der Waals surface area contributed by atoms with E-state index >= 15 is 0 Å². The SMILES string of the molecule is CC1=CC(C)(C([SiH3])(C2(C)C=C(C)N=N2)C2(C)C=C(C)N=N2)N=N1. The zero-order valence-corrected chi connectivity index (χ0v) is 16.9. The first-order valence-electron chi connectivity index (χ1n) is 7.92. The van der Waals surface area contributed by atoms with E-state index < -0.39 is 16.6 Å². The third-order valence-electron chi connectivity index (χ3n) is 5.75. The highest BCUT2D eigenvalue weighted by Crippen LogP contribution is 2.63. The van der Waals surface area contributed by atoms with Crippen molar-refractivity contribution in [3.8, 4) is 0 Å². The van der Waals surface area contributed by atoms with Crippen LogP contribution in [0.25, 0.3) is 0 Å². The molecule has 7 heteroatoms. The summed E-state index contributed by atoms with van der Waals surface area (Å²) in [5, 5.41) is 26.6. The summed E-state index contributed by atoms with van der Waals surface area (Å²) in [6, 6.07) is 0. The quantitative estimate of drug-likeness (QED) is 0.705. The minimum atomic E-state index is -0.493. The lowest BCUT2D eigenvalue weighted by Crippen LogP contribution is -2.60. The van der Waals surface area contributed by atoms with E-state index in [1.54, 1.807) is 0 Å². The van der Waals surface area contributed by atoms with Crippen molar-refractivity contribution in [1.82, 2.24) is 0 Å². The summed E-state index contributed by atoms with van der Waals surface area (Å²) in [7, 11) is 0.798. The third-order valence-corrected chi connectivity index (χ3v) is 8.79. The summed E-state index contributed by atoms with van der Waals surface area (Å²) in [5.41, 5.74) is 1.33. The van der Waals surface area contributed by atoms with E-state index in [1.165, 1.54) is 0 Å². The van der Waals surface area contributed by atoms with Crippen molar-refractivity contribution in [2.75, 3.05) is 0 Å². The number of hydrogen-bond acceptors (Lipinski definition) is 6. The molecule has 0 amide bonds. The van der Waals surface area contributed by atoms with Crippen molar-refractivity contribution in [3.05, 3.63) is 35.3 Å². The lowest BCUT2D eigenvalue weighted by molar-refractivity contribution is 0.201. The predicted molar refractivity (Wildman–Crippen MR) is 93.7 cm³/mol. The Hall–Kier alpha value is -1.76. The Morgan fingerprint density at radius 3 is 1.13 bits per heavy atom. The molecule has 0 spiro atoms. The van der Waals surface area contributed by atoms with Gasteiger partial charge >= 0.3 is 0 Å². The van der Waals surface area contributed by atoms with Gasteiger partial charge in [-0.05, 0) is 59.8 Å². The highest BCUT2D eigenvalue weighted by atomic mass is 28.1. The van der Waals surface area contributed by atoms with Crippen molar-refractivity contribution in [1.29, 1.82) is 0 Å². The largest absolute Gasteiger partial charge is 0.178 e. The van der Waals surface area contributed by atoms with Gasteiger partial charge in [-0.25, -0.2) is 0 Å². The first kappa shape index (κ1) is 16.1. The Labute approximate surface area is 140 Å². The molecule has 122 valence electrons. The molecule has 0 aromatic rings. The molecule has 3 rings (SSSR count). The third kappa shape index (κ3) is 1.98. The highest BCUT2D eigenvalue weighted by molar-refractivity contribution is 6.19. The van der Waals surface area contributed by atoms with Gasteiger partial charge in [0, 0.05) is 15.3 Å². The van der Waals surface area contributed by atoms with E-state index in [-0.39, 0.29) is 5.04 Å². The van der Waals surface area contributed by atoms with Gasteiger partial charge in [0.2, 0.25) is 0 Å². The van der Waals surface area contributed by atoms with Crippen LogP contribution < -0.4 is 0 Å². The maximum atomic E-state index is 4.66. The van der Waals surface area contributed by atoms with E-state index in [0.717, 1.165) is 27.3 Å². The topological polar surface area (TPSA) is 74.2 Å². The molecule has 0 aliphatic carbocycles. The molecule has 0 saturated heterocycles. The summed E-state index contributed by atoms with van der Waals surface area (Å²) in [6.45, 7) is 12.3. The van der Waals surface area contributed by atoms with Crippen LogP contribution in [0.5, 0.6) is 0 Å². The van der Waals surface area contributed by atoms with Crippen LogP contribution in [0.1, 0.15) is 41.5 Å². The normalized spacial score (nSPS) is 41.2. The van der Waals surface area contributed by atoms with Gasteiger partial charge in [0.25, 0.3) is 0 Å². The van der Waals surface area contributed by atoms with Crippen LogP contribution in [0.15, 0.2) is 66.0 Å². The second-order valence-electron chi connectivity index (χ2n) is 7.52. The number of allylic oxidation sites excluding steroid dienone is 3. The van der Waals surface area contributed by atoms with Crippen molar-refractivity contribution in [2.24, 2.45) is 30.7 Å². The Morgan fingerprint density at radius 1 is 0.696 bits per heavy atom. The van der Waals surface area contributed by atoms with E-state index in [0.29, 0.717) is 0 Å². The van der Waals surface area contributed by atoms with E-state index in [9.17, 15) is 0 Å². The van der Waals surface area contributed by atoms with Gasteiger partial charge in [-0.2, -0.15) is 30.7 Å². The molecular formula is C16H24N6Si. The van der Waals surface area contributed by atoms with Crippen LogP contribution in [-0.4, -0.2) is 26.9 Å². The van der Waals surface area contributed by atoms with E-state index in [1.807, 2.05) is 20.8 Å². The molecule has 3 unspecified atom stereocenters. The molecule has 0 aromatic carbocycles. The summed E-state index contributed by atoms with van der Waals surface area (Å²) in [4.78, 5) is 0. The maximum absolute atomic E-state index is 4.66. The van der Waals surface area contributed by atoms with Gasteiger partial charge in [0.05, 0.1) is 17.1 Å². The standard InChI is InChI=1S/C16H24N6Si/c1-10-7-13(4,20-17-10)16(23,14(5)8-11(2)18-21-14)15(6)9-12(3)19-22-15/h7-9H,1-6,23H3. The van der Waals surface area contributed by atoms with Gasteiger partial charge in [0.1, 0.15) is 16.6 Å². The Bertz CT molecular complexity index is 648. The van der Waals surface area contributed by atoms with Gasteiger partial charge in [-0.15, -0.1) is 0 Å². The summed E-state index contributed by atoms with van der Waals surface area (Å²) >= 11 is 0. The van der Waals surface area contributed by atoms with Crippen LogP contribution in [0.3, 0.4) is 0 Å². The molecule has 0 saturated carbocycles. The average Bonchev–Trinajstić information content (AvgIpc) is 3.10. The van der Waals surface area contributed by atoms with E-state index in [2.05, 4.69) is 69.7 Å². The molecule has 0 fully saturated rings. The Balaban J connectivity index is 2.27. The first-order valence-corrected chi connectivity index (χ1v) is 8.92. The van der Waals surface area contributed by atoms with Crippen LogP contribution in [-0.2, 0) is 0 Å². The molecule has 3 heterocycles. The smallest absolute Gasteiger partial charge is 0.107 e. The molecular weight excluding hydrogens is 304 g/mol. The summed E-state index contributed by atoms with van der Waals surface area (Å²) in [6.07, 6.45) is 6.43. The Kier molecular flexibility index (Phi) is 3.24. The average molecular weight is 328 g/mol. The number of nitrogens with zero attached hydrogens (tertiary/aromatic N) is 6. The van der Waals surface area contributed by atoms with Crippen molar-refractivity contribution in [2.45, 2.75) is 63.2 Å². The maximum Gasteiger partial charge on any atom is 0.107 e. The molecule has 3 aliphatic heterocycles. The van der Waals surface area contributed by atoms with Crippen molar-refractivity contribution < 1.29 is 0 Å². The van der Waals surface area contributed by atoms with Crippen LogP contribution >= 0.6 is 0 Å². The molecule has 0 aromatic heterocycles. The number of hydrogen-bond donors (Lipinski definition) is 0. The van der Waals surface area contributed by atoms with Gasteiger partial charge < -0.3 is 0 Å². The van der Waals surface area contributed by atoms with Gasteiger partial charge in [0.15, 0.2) is 0 Å². The molecule has 23 heavy (non-hydrogen) atoms.